The van der Waals surface area contributed by atoms with Gasteiger partial charge < -0.3 is 18.9 Å². The molecule has 2 aliphatic heterocycles. The van der Waals surface area contributed by atoms with Crippen LogP contribution in [0, 0.1) is 0 Å². The maximum atomic E-state index is 6.41. The van der Waals surface area contributed by atoms with Gasteiger partial charge in [0.05, 0.1) is 0 Å². The second-order valence-electron chi connectivity index (χ2n) is 16.1. The summed E-state index contributed by atoms with van der Waals surface area (Å²) >= 11 is 3.67. The van der Waals surface area contributed by atoms with Gasteiger partial charge >= 0.3 is 0 Å². The third kappa shape index (κ3) is 8.38. The lowest BCUT2D eigenvalue weighted by molar-refractivity contribution is 0.455. The van der Waals surface area contributed by atoms with Crippen molar-refractivity contribution in [2.75, 3.05) is 0 Å². The van der Waals surface area contributed by atoms with Gasteiger partial charge in [0.2, 0.25) is 0 Å². The van der Waals surface area contributed by atoms with E-state index in [2.05, 4.69) is 137 Å². The second kappa shape index (κ2) is 18.2. The molecule has 2 heterocycles. The van der Waals surface area contributed by atoms with Gasteiger partial charge in [-0.05, 0) is 132 Å². The molecule has 0 unspecified atom stereocenters. The third-order valence-electron chi connectivity index (χ3n) is 11.9. The summed E-state index contributed by atoms with van der Waals surface area (Å²) in [7, 11) is 0. The van der Waals surface area contributed by atoms with Gasteiger partial charge in [-0.1, -0.05) is 182 Å². The number of fused-ring (bicyclic) bond motifs is 4. The Labute approximate surface area is 393 Å². The van der Waals surface area contributed by atoms with Crippen LogP contribution in [0.15, 0.2) is 247 Å². The highest BCUT2D eigenvalue weighted by atomic mass is 79.9. The molecule has 0 aromatic heterocycles. The minimum atomic E-state index is 0.0818. The van der Waals surface area contributed by atoms with Crippen molar-refractivity contribution in [3.63, 3.8) is 0 Å². The lowest BCUT2D eigenvalue weighted by Gasteiger charge is -2.33. The van der Waals surface area contributed by atoms with E-state index in [4.69, 9.17) is 18.9 Å². The Morgan fingerprint density at radius 2 is 0.652 bits per heavy atom. The van der Waals surface area contributed by atoms with Gasteiger partial charge in [0, 0.05) is 5.46 Å². The van der Waals surface area contributed by atoms with Crippen LogP contribution in [0.5, 0.6) is 46.0 Å². The monoisotopic (exact) mass is 914 g/mol. The number of ether oxygens (including phenoxy) is 4. The Bertz CT molecular complexity index is 3110. The fourth-order valence-electron chi connectivity index (χ4n) is 8.69. The normalized spacial score (nSPS) is 11.6. The Balaban J connectivity index is 0.000000146. The number of rotatable bonds is 8. The molecule has 0 bridgehead atoms. The molecule has 0 aliphatic carbocycles. The molecule has 4 nitrogen and oxygen atoms in total. The van der Waals surface area contributed by atoms with Gasteiger partial charge in [-0.2, -0.15) is 0 Å². The van der Waals surface area contributed by atoms with Gasteiger partial charge in [-0.3, -0.25) is 0 Å². The largest absolute Gasteiger partial charge is 0.458 e. The van der Waals surface area contributed by atoms with Crippen LogP contribution in [0.1, 0.15) is 0 Å². The number of benzene rings is 10. The molecule has 0 spiro atoms. The molecule has 66 heavy (non-hydrogen) atoms. The maximum Gasteiger partial charge on any atom is 0.260 e. The van der Waals surface area contributed by atoms with Crippen molar-refractivity contribution in [1.29, 1.82) is 0 Å². The lowest BCUT2D eigenvalue weighted by Crippen LogP contribution is -2.57. The molecule has 0 saturated heterocycles. The Hall–Kier alpha value is -8.06. The van der Waals surface area contributed by atoms with Gasteiger partial charge in [0.1, 0.15) is 50.5 Å². The zero-order valence-electron chi connectivity index (χ0n) is 35.7. The predicted octanol–water partition coefficient (Wildman–Crippen LogP) is 15.1. The molecule has 314 valence electrons. The molecule has 0 atom stereocenters. The van der Waals surface area contributed by atoms with E-state index in [0.717, 1.165) is 77.8 Å². The standard InChI is InChI=1S/C30H19BO2.C30H21BrO2/c1-3-8-20(9-4-1)22-14-16-24-28(18-22)32-26-12-7-13-27-30(26)31(24)25-17-15-23(19-29(25)33-27)21-10-5-2-6-11-21;31-30-28(32-26-16-7-14-24(20-26)22-10-3-1-4-11-22)18-9-19-29(30)33-27-17-8-15-25(21-27)23-12-5-2-6-13-23/h1-19H;1-21H. The first kappa shape index (κ1) is 40.7. The average Bonchev–Trinajstić information content (AvgIpc) is 3.38. The van der Waals surface area contributed by atoms with Crippen LogP contribution >= 0.6 is 15.9 Å². The van der Waals surface area contributed by atoms with E-state index < -0.39 is 0 Å². The van der Waals surface area contributed by atoms with E-state index in [1.165, 1.54) is 22.1 Å². The molecule has 2 aliphatic rings. The SMILES string of the molecule is Brc1c(Oc2cccc(-c3ccccc3)c2)cccc1Oc1cccc(-c2ccccc2)c1.c1ccc(-c2ccc3c(c2)Oc2cccc4c2B3c2ccc(-c3ccccc3)cc2O4)cc1. The van der Waals surface area contributed by atoms with Crippen LogP contribution in [0.3, 0.4) is 0 Å². The highest BCUT2D eigenvalue weighted by molar-refractivity contribution is 9.10. The third-order valence-corrected chi connectivity index (χ3v) is 12.7. The summed E-state index contributed by atoms with van der Waals surface area (Å²) < 4.78 is 26.0. The first-order valence-electron chi connectivity index (χ1n) is 21.9. The highest BCUT2D eigenvalue weighted by Crippen LogP contribution is 2.41. The highest BCUT2D eigenvalue weighted by Gasteiger charge is 2.40. The molecule has 0 saturated carbocycles. The van der Waals surface area contributed by atoms with Crippen LogP contribution in [0.4, 0.5) is 0 Å². The Kier molecular flexibility index (Phi) is 11.2. The predicted molar refractivity (Wildman–Crippen MR) is 273 cm³/mol. The van der Waals surface area contributed by atoms with Gasteiger partial charge in [0.25, 0.3) is 6.71 Å². The van der Waals surface area contributed by atoms with Gasteiger partial charge in [0.15, 0.2) is 0 Å². The van der Waals surface area contributed by atoms with E-state index in [0.29, 0.717) is 11.5 Å². The zero-order chi connectivity index (χ0) is 44.2. The molecular weight excluding hydrogens is 875 g/mol. The van der Waals surface area contributed by atoms with Gasteiger partial charge in [-0.15, -0.1) is 0 Å². The summed E-state index contributed by atoms with van der Waals surface area (Å²) in [6.07, 6.45) is 0. The molecule has 0 N–H and O–H groups in total. The van der Waals surface area contributed by atoms with Crippen molar-refractivity contribution in [3.8, 4) is 90.5 Å². The number of hydrogen-bond acceptors (Lipinski definition) is 4. The first-order valence-corrected chi connectivity index (χ1v) is 22.7. The zero-order valence-corrected chi connectivity index (χ0v) is 37.3. The second-order valence-corrected chi connectivity index (χ2v) is 16.9. The number of hydrogen-bond donors (Lipinski definition) is 0. The molecular formula is C60H40BBrO4. The first-order chi connectivity index (χ1) is 32.6. The minimum absolute atomic E-state index is 0.0818. The molecule has 10 aromatic rings. The van der Waals surface area contributed by atoms with Crippen molar-refractivity contribution in [2.24, 2.45) is 0 Å². The van der Waals surface area contributed by atoms with Crippen molar-refractivity contribution < 1.29 is 18.9 Å². The lowest BCUT2D eigenvalue weighted by atomic mass is 9.35. The average molecular weight is 916 g/mol. The van der Waals surface area contributed by atoms with E-state index >= 15 is 0 Å². The Morgan fingerprint density at radius 1 is 0.303 bits per heavy atom. The maximum absolute atomic E-state index is 6.41. The summed E-state index contributed by atoms with van der Waals surface area (Å²) in [5.74, 6) is 6.47. The molecule has 0 radical (unpaired) electrons. The van der Waals surface area contributed by atoms with Crippen molar-refractivity contribution >= 4 is 39.0 Å². The molecule has 0 fully saturated rings. The molecule has 10 aromatic carbocycles. The van der Waals surface area contributed by atoms with E-state index in [1.54, 1.807) is 0 Å². The summed E-state index contributed by atoms with van der Waals surface area (Å²) in [5, 5.41) is 0. The Morgan fingerprint density at radius 3 is 1.06 bits per heavy atom. The number of halogens is 1. The quantitative estimate of drug-likeness (QED) is 0.142. The molecule has 0 amide bonds. The summed E-state index contributed by atoms with van der Waals surface area (Å²) in [4.78, 5) is 0. The van der Waals surface area contributed by atoms with Crippen LogP contribution in [0.2, 0.25) is 0 Å². The molecule has 6 heteroatoms. The smallest absolute Gasteiger partial charge is 0.260 e. The van der Waals surface area contributed by atoms with Crippen molar-refractivity contribution in [3.05, 3.63) is 247 Å². The van der Waals surface area contributed by atoms with Crippen LogP contribution < -0.4 is 35.3 Å². The molecule has 12 rings (SSSR count). The van der Waals surface area contributed by atoms with Crippen molar-refractivity contribution in [2.45, 2.75) is 0 Å². The summed E-state index contributed by atoms with van der Waals surface area (Å²) in [6.45, 7) is 0.0818. The summed E-state index contributed by atoms with van der Waals surface area (Å²) in [6, 6.07) is 82.5. The van der Waals surface area contributed by atoms with Crippen molar-refractivity contribution in [1.82, 2.24) is 0 Å². The minimum Gasteiger partial charge on any atom is -0.458 e. The van der Waals surface area contributed by atoms with E-state index in [-0.39, 0.29) is 6.71 Å². The van der Waals surface area contributed by atoms with E-state index in [1.807, 2.05) is 121 Å². The fourth-order valence-corrected chi connectivity index (χ4v) is 9.11. The summed E-state index contributed by atoms with van der Waals surface area (Å²) in [5.41, 5.74) is 12.6. The van der Waals surface area contributed by atoms with Crippen LogP contribution in [0.25, 0.3) is 44.5 Å². The van der Waals surface area contributed by atoms with Crippen LogP contribution in [-0.2, 0) is 0 Å². The van der Waals surface area contributed by atoms with Gasteiger partial charge in [-0.25, -0.2) is 0 Å². The van der Waals surface area contributed by atoms with Crippen LogP contribution in [-0.4, -0.2) is 6.71 Å². The topological polar surface area (TPSA) is 36.9 Å². The van der Waals surface area contributed by atoms with E-state index in [9.17, 15) is 0 Å². The fraction of sp³-hybridized carbons (Fsp3) is 0.